The van der Waals surface area contributed by atoms with E-state index in [0.29, 0.717) is 19.4 Å². The van der Waals surface area contributed by atoms with E-state index < -0.39 is 36.6 Å². The number of nitrogens with zero attached hydrogens (tertiary/aromatic N) is 2. The molecule has 116 valence electrons. The average molecular weight is 296 g/mol. The third-order valence-electron chi connectivity index (χ3n) is 3.54. The van der Waals surface area contributed by atoms with Crippen LogP contribution in [-0.4, -0.2) is 59.8 Å². The Balaban J connectivity index is 2.60. The summed E-state index contributed by atoms with van der Waals surface area (Å²) >= 11 is 0. The van der Waals surface area contributed by atoms with E-state index in [2.05, 4.69) is 0 Å². The average Bonchev–Trinajstić information content (AvgIpc) is 2.34. The SMILES string of the molecule is CN(CCC(F)(F)F)C(=O)N1CCCC(C)(C(=O)O)C1. The van der Waals surface area contributed by atoms with Crippen molar-refractivity contribution < 1.29 is 27.9 Å². The predicted molar refractivity (Wildman–Crippen MR) is 65.2 cm³/mol. The molecule has 0 saturated carbocycles. The van der Waals surface area contributed by atoms with Gasteiger partial charge in [-0.05, 0) is 19.8 Å². The summed E-state index contributed by atoms with van der Waals surface area (Å²) < 4.78 is 36.4. The highest BCUT2D eigenvalue weighted by Crippen LogP contribution is 2.30. The third-order valence-corrected chi connectivity index (χ3v) is 3.54. The number of hydrogen-bond donors (Lipinski definition) is 1. The summed E-state index contributed by atoms with van der Waals surface area (Å²) in [6, 6.07) is -0.554. The van der Waals surface area contributed by atoms with E-state index in [1.54, 1.807) is 6.92 Å². The number of carboxylic acids is 1. The Morgan fingerprint density at radius 3 is 2.50 bits per heavy atom. The Labute approximate surface area is 115 Å². The summed E-state index contributed by atoms with van der Waals surface area (Å²) in [4.78, 5) is 25.5. The van der Waals surface area contributed by atoms with E-state index in [9.17, 15) is 22.8 Å². The molecule has 0 radical (unpaired) electrons. The van der Waals surface area contributed by atoms with Gasteiger partial charge in [0.15, 0.2) is 0 Å². The zero-order valence-corrected chi connectivity index (χ0v) is 11.5. The number of likely N-dealkylation sites (tertiary alicyclic amines) is 1. The molecule has 5 nitrogen and oxygen atoms in total. The van der Waals surface area contributed by atoms with Crippen LogP contribution >= 0.6 is 0 Å². The first-order chi connectivity index (χ1) is 9.05. The molecule has 1 saturated heterocycles. The molecule has 1 aliphatic heterocycles. The van der Waals surface area contributed by atoms with Crippen LogP contribution in [0.4, 0.5) is 18.0 Å². The first kappa shape index (κ1) is 16.6. The van der Waals surface area contributed by atoms with Crippen LogP contribution in [0.15, 0.2) is 0 Å². The van der Waals surface area contributed by atoms with Crippen molar-refractivity contribution in [2.75, 3.05) is 26.7 Å². The zero-order valence-electron chi connectivity index (χ0n) is 11.5. The van der Waals surface area contributed by atoms with Crippen LogP contribution in [0.25, 0.3) is 0 Å². The largest absolute Gasteiger partial charge is 0.481 e. The van der Waals surface area contributed by atoms with Gasteiger partial charge in [0.05, 0.1) is 11.8 Å². The number of aliphatic carboxylic acids is 1. The molecule has 1 aliphatic rings. The fourth-order valence-corrected chi connectivity index (χ4v) is 2.21. The van der Waals surface area contributed by atoms with Gasteiger partial charge >= 0.3 is 18.2 Å². The van der Waals surface area contributed by atoms with Crippen LogP contribution in [0, 0.1) is 5.41 Å². The lowest BCUT2D eigenvalue weighted by molar-refractivity contribution is -0.150. The molecule has 0 spiro atoms. The van der Waals surface area contributed by atoms with Crippen LogP contribution in [0.2, 0.25) is 0 Å². The highest BCUT2D eigenvalue weighted by molar-refractivity contribution is 5.78. The van der Waals surface area contributed by atoms with Gasteiger partial charge in [0.25, 0.3) is 0 Å². The monoisotopic (exact) mass is 296 g/mol. The number of halogens is 3. The predicted octanol–water partition coefficient (Wildman–Crippen LogP) is 2.18. The van der Waals surface area contributed by atoms with Crippen LogP contribution in [0.5, 0.6) is 0 Å². The highest BCUT2D eigenvalue weighted by atomic mass is 19.4. The number of rotatable bonds is 3. The Morgan fingerprint density at radius 1 is 1.40 bits per heavy atom. The summed E-state index contributed by atoms with van der Waals surface area (Å²) in [5.41, 5.74) is -1.03. The Morgan fingerprint density at radius 2 is 2.00 bits per heavy atom. The number of carbonyl (C=O) groups excluding carboxylic acids is 1. The fourth-order valence-electron chi connectivity index (χ4n) is 2.21. The molecular formula is C12H19F3N2O3. The maximum absolute atomic E-state index is 12.1. The van der Waals surface area contributed by atoms with E-state index in [1.165, 1.54) is 11.9 Å². The summed E-state index contributed by atoms with van der Waals surface area (Å²) in [6.07, 6.45) is -4.40. The summed E-state index contributed by atoms with van der Waals surface area (Å²) in [5.74, 6) is -0.993. The molecule has 1 atom stereocenters. The van der Waals surface area contributed by atoms with Gasteiger partial charge in [-0.2, -0.15) is 13.2 Å². The minimum Gasteiger partial charge on any atom is -0.481 e. The van der Waals surface area contributed by atoms with Gasteiger partial charge in [-0.15, -0.1) is 0 Å². The van der Waals surface area contributed by atoms with Gasteiger partial charge in [-0.3, -0.25) is 4.79 Å². The topological polar surface area (TPSA) is 60.9 Å². The lowest BCUT2D eigenvalue weighted by atomic mass is 9.82. The molecular weight excluding hydrogens is 277 g/mol. The number of amides is 2. The molecule has 0 aliphatic carbocycles. The van der Waals surface area contributed by atoms with Crippen molar-refractivity contribution in [3.63, 3.8) is 0 Å². The first-order valence-corrected chi connectivity index (χ1v) is 6.35. The molecule has 1 fully saturated rings. The third kappa shape index (κ3) is 4.28. The number of urea groups is 1. The summed E-state index contributed by atoms with van der Waals surface area (Å²) in [7, 11) is 1.29. The Bertz CT molecular complexity index is 387. The Hall–Kier alpha value is -1.47. The molecule has 2 amide bonds. The maximum atomic E-state index is 12.1. The second-order valence-electron chi connectivity index (χ2n) is 5.46. The van der Waals surface area contributed by atoms with Crippen molar-refractivity contribution in [2.24, 2.45) is 5.41 Å². The lowest BCUT2D eigenvalue weighted by Crippen LogP contribution is -2.52. The van der Waals surface area contributed by atoms with Gasteiger partial charge < -0.3 is 14.9 Å². The molecule has 8 heteroatoms. The second kappa shape index (κ2) is 5.88. The van der Waals surface area contributed by atoms with E-state index in [-0.39, 0.29) is 6.54 Å². The van der Waals surface area contributed by atoms with Crippen molar-refractivity contribution >= 4 is 12.0 Å². The second-order valence-corrected chi connectivity index (χ2v) is 5.46. The molecule has 0 bridgehead atoms. The van der Waals surface area contributed by atoms with Gasteiger partial charge in [-0.1, -0.05) is 0 Å². The maximum Gasteiger partial charge on any atom is 0.390 e. The van der Waals surface area contributed by atoms with Gasteiger partial charge in [-0.25, -0.2) is 4.79 Å². The number of piperidine rings is 1. The number of carbonyl (C=O) groups is 2. The minimum absolute atomic E-state index is 0.0253. The molecule has 1 rings (SSSR count). The van der Waals surface area contributed by atoms with E-state index >= 15 is 0 Å². The number of carboxylic acid groups (broad SMARTS) is 1. The smallest absolute Gasteiger partial charge is 0.390 e. The van der Waals surface area contributed by atoms with E-state index in [4.69, 9.17) is 5.11 Å². The molecule has 1 N–H and O–H groups in total. The first-order valence-electron chi connectivity index (χ1n) is 6.35. The molecule has 1 heterocycles. The number of hydrogen-bond acceptors (Lipinski definition) is 2. The van der Waals surface area contributed by atoms with Crippen molar-refractivity contribution in [3.8, 4) is 0 Å². The van der Waals surface area contributed by atoms with Gasteiger partial charge in [0, 0.05) is 26.7 Å². The van der Waals surface area contributed by atoms with Gasteiger partial charge in [0.1, 0.15) is 0 Å². The normalized spacial score (nSPS) is 23.6. The Kier molecular flexibility index (Phi) is 4.88. The molecule has 0 aromatic rings. The van der Waals surface area contributed by atoms with Gasteiger partial charge in [0.2, 0.25) is 0 Å². The van der Waals surface area contributed by atoms with Crippen molar-refractivity contribution in [1.82, 2.24) is 9.80 Å². The minimum atomic E-state index is -4.31. The van der Waals surface area contributed by atoms with E-state index in [0.717, 1.165) is 4.90 Å². The van der Waals surface area contributed by atoms with Crippen molar-refractivity contribution in [1.29, 1.82) is 0 Å². The molecule has 1 unspecified atom stereocenters. The van der Waals surface area contributed by atoms with Crippen molar-refractivity contribution in [2.45, 2.75) is 32.4 Å². The highest BCUT2D eigenvalue weighted by Gasteiger charge is 2.40. The quantitative estimate of drug-likeness (QED) is 0.868. The zero-order chi connectivity index (χ0) is 15.6. The summed E-state index contributed by atoms with van der Waals surface area (Å²) in [5, 5.41) is 9.15. The van der Waals surface area contributed by atoms with Crippen LogP contribution < -0.4 is 0 Å². The molecule has 20 heavy (non-hydrogen) atoms. The molecule has 0 aromatic carbocycles. The van der Waals surface area contributed by atoms with Crippen LogP contribution in [0.1, 0.15) is 26.2 Å². The fraction of sp³-hybridized carbons (Fsp3) is 0.833. The lowest BCUT2D eigenvalue weighted by Gasteiger charge is -2.39. The standard InChI is InChI=1S/C12H19F3N2O3/c1-11(9(18)19)4-3-6-17(8-11)10(20)16(2)7-5-12(13,14)15/h3-8H2,1-2H3,(H,18,19). The van der Waals surface area contributed by atoms with Crippen LogP contribution in [0.3, 0.4) is 0 Å². The van der Waals surface area contributed by atoms with Crippen LogP contribution in [-0.2, 0) is 4.79 Å². The molecule has 0 aromatic heterocycles. The van der Waals surface area contributed by atoms with E-state index in [1.807, 2.05) is 0 Å². The number of alkyl halides is 3. The summed E-state index contributed by atoms with van der Waals surface area (Å²) in [6.45, 7) is 1.52. The van der Waals surface area contributed by atoms with Crippen molar-refractivity contribution in [3.05, 3.63) is 0 Å².